The third-order valence-electron chi connectivity index (χ3n) is 3.95. The molecule has 2 N–H and O–H groups in total. The lowest BCUT2D eigenvalue weighted by Gasteiger charge is -2.18. The SMILES string of the molecule is CCOC1CC1C(=O)N[C@@H]1c2ccccc2C[C@@H]1O. The van der Waals surface area contributed by atoms with Crippen molar-refractivity contribution >= 4 is 5.91 Å². The van der Waals surface area contributed by atoms with Gasteiger partial charge in [-0.05, 0) is 24.5 Å². The van der Waals surface area contributed by atoms with Gasteiger partial charge in [0, 0.05) is 13.0 Å². The smallest absolute Gasteiger partial charge is 0.226 e. The molecule has 4 nitrogen and oxygen atoms in total. The predicted octanol–water partition coefficient (Wildman–Crippen LogP) is 1.19. The Morgan fingerprint density at radius 3 is 3.05 bits per heavy atom. The van der Waals surface area contributed by atoms with Crippen LogP contribution in [0.15, 0.2) is 24.3 Å². The molecule has 0 radical (unpaired) electrons. The molecule has 0 spiro atoms. The van der Waals surface area contributed by atoms with Crippen molar-refractivity contribution in [3.05, 3.63) is 35.4 Å². The minimum absolute atomic E-state index is 0.000738. The number of rotatable bonds is 4. The van der Waals surface area contributed by atoms with E-state index in [4.69, 9.17) is 4.74 Å². The van der Waals surface area contributed by atoms with Crippen molar-refractivity contribution in [2.24, 2.45) is 5.92 Å². The topological polar surface area (TPSA) is 58.6 Å². The number of hydrogen-bond acceptors (Lipinski definition) is 3. The molecule has 2 aliphatic rings. The van der Waals surface area contributed by atoms with Gasteiger partial charge in [0.15, 0.2) is 0 Å². The monoisotopic (exact) mass is 261 g/mol. The minimum atomic E-state index is -0.523. The number of aliphatic hydroxyl groups excluding tert-OH is 1. The lowest BCUT2D eigenvalue weighted by Crippen LogP contribution is -2.35. The number of fused-ring (bicyclic) bond motifs is 1. The molecule has 4 atom stereocenters. The normalized spacial score (nSPS) is 31.9. The van der Waals surface area contributed by atoms with Gasteiger partial charge in [-0.3, -0.25) is 4.79 Å². The van der Waals surface area contributed by atoms with Crippen LogP contribution in [0.25, 0.3) is 0 Å². The van der Waals surface area contributed by atoms with Gasteiger partial charge in [0.2, 0.25) is 5.91 Å². The number of hydrogen-bond donors (Lipinski definition) is 2. The molecule has 19 heavy (non-hydrogen) atoms. The Kier molecular flexibility index (Phi) is 3.29. The highest BCUT2D eigenvalue weighted by Crippen LogP contribution is 2.36. The Bertz CT molecular complexity index is 488. The Labute approximate surface area is 112 Å². The van der Waals surface area contributed by atoms with Gasteiger partial charge in [0.05, 0.1) is 24.2 Å². The maximum absolute atomic E-state index is 12.1. The van der Waals surface area contributed by atoms with Crippen LogP contribution in [0.4, 0.5) is 0 Å². The Hall–Kier alpha value is -1.39. The van der Waals surface area contributed by atoms with Crippen LogP contribution in [0.2, 0.25) is 0 Å². The van der Waals surface area contributed by atoms with Crippen molar-refractivity contribution < 1.29 is 14.6 Å². The molecular weight excluding hydrogens is 242 g/mol. The van der Waals surface area contributed by atoms with Crippen LogP contribution in [0.5, 0.6) is 0 Å². The first-order valence-corrected chi connectivity index (χ1v) is 6.88. The zero-order valence-electron chi connectivity index (χ0n) is 11.0. The van der Waals surface area contributed by atoms with Gasteiger partial charge in [-0.15, -0.1) is 0 Å². The predicted molar refractivity (Wildman–Crippen MR) is 70.6 cm³/mol. The van der Waals surface area contributed by atoms with Crippen LogP contribution in [0, 0.1) is 5.92 Å². The molecule has 102 valence electrons. The van der Waals surface area contributed by atoms with Crippen LogP contribution in [-0.2, 0) is 16.0 Å². The summed E-state index contributed by atoms with van der Waals surface area (Å²) in [7, 11) is 0. The van der Waals surface area contributed by atoms with Gasteiger partial charge in [-0.25, -0.2) is 0 Å². The summed E-state index contributed by atoms with van der Waals surface area (Å²) in [5.74, 6) is -0.0425. The number of carbonyl (C=O) groups excluding carboxylic acids is 1. The van der Waals surface area contributed by atoms with E-state index in [0.29, 0.717) is 13.0 Å². The van der Waals surface area contributed by atoms with Crippen molar-refractivity contribution in [2.75, 3.05) is 6.61 Å². The summed E-state index contributed by atoms with van der Waals surface area (Å²) < 4.78 is 5.42. The molecule has 0 heterocycles. The van der Waals surface area contributed by atoms with E-state index in [-0.39, 0.29) is 24.0 Å². The Balaban J connectivity index is 1.66. The summed E-state index contributed by atoms with van der Waals surface area (Å²) in [6, 6.07) is 7.61. The molecule has 4 heteroatoms. The van der Waals surface area contributed by atoms with Gasteiger partial charge in [0.1, 0.15) is 0 Å². The van der Waals surface area contributed by atoms with Gasteiger partial charge >= 0.3 is 0 Å². The lowest BCUT2D eigenvalue weighted by molar-refractivity contribution is -0.124. The lowest BCUT2D eigenvalue weighted by atomic mass is 10.1. The van der Waals surface area contributed by atoms with E-state index in [0.717, 1.165) is 17.5 Å². The molecule has 1 fully saturated rings. The molecule has 0 saturated heterocycles. The quantitative estimate of drug-likeness (QED) is 0.856. The summed E-state index contributed by atoms with van der Waals surface area (Å²) in [4.78, 5) is 12.1. The fourth-order valence-electron chi connectivity index (χ4n) is 2.85. The van der Waals surface area contributed by atoms with E-state index in [9.17, 15) is 9.90 Å². The van der Waals surface area contributed by atoms with Gasteiger partial charge < -0.3 is 15.2 Å². The van der Waals surface area contributed by atoms with Crippen LogP contribution in [-0.4, -0.2) is 29.8 Å². The van der Waals surface area contributed by atoms with Crippen LogP contribution >= 0.6 is 0 Å². The minimum Gasteiger partial charge on any atom is -0.390 e. The Morgan fingerprint density at radius 2 is 2.26 bits per heavy atom. The van der Waals surface area contributed by atoms with Crippen molar-refractivity contribution in [1.29, 1.82) is 0 Å². The second-order valence-corrected chi connectivity index (χ2v) is 5.29. The molecule has 1 aromatic carbocycles. The van der Waals surface area contributed by atoms with Crippen LogP contribution < -0.4 is 5.32 Å². The van der Waals surface area contributed by atoms with Gasteiger partial charge in [0.25, 0.3) is 0 Å². The summed E-state index contributed by atoms with van der Waals surface area (Å²) in [5, 5.41) is 13.1. The van der Waals surface area contributed by atoms with Crippen molar-refractivity contribution in [1.82, 2.24) is 5.32 Å². The van der Waals surface area contributed by atoms with Crippen LogP contribution in [0.1, 0.15) is 30.5 Å². The van der Waals surface area contributed by atoms with Crippen LogP contribution in [0.3, 0.4) is 0 Å². The van der Waals surface area contributed by atoms with Crippen molar-refractivity contribution in [3.63, 3.8) is 0 Å². The van der Waals surface area contributed by atoms with E-state index in [2.05, 4.69) is 5.32 Å². The standard InChI is InChI=1S/C15H19NO3/c1-2-19-13-8-11(13)15(18)16-14-10-6-4-3-5-9(10)7-12(14)17/h3-6,11-14,17H,2,7-8H2,1H3,(H,16,18)/t11?,12-,13?,14+/m0/s1. The summed E-state index contributed by atoms with van der Waals surface area (Å²) in [6.07, 6.45) is 0.953. The highest BCUT2D eigenvalue weighted by Gasteiger charge is 2.45. The molecule has 1 amide bonds. The zero-order chi connectivity index (χ0) is 13.4. The summed E-state index contributed by atoms with van der Waals surface area (Å²) in [5.41, 5.74) is 2.16. The first kappa shape index (κ1) is 12.6. The molecule has 2 unspecified atom stereocenters. The molecule has 1 saturated carbocycles. The number of nitrogens with one attached hydrogen (secondary N) is 1. The van der Waals surface area contributed by atoms with E-state index >= 15 is 0 Å². The first-order valence-electron chi connectivity index (χ1n) is 6.88. The molecular formula is C15H19NO3. The summed E-state index contributed by atoms with van der Waals surface area (Å²) >= 11 is 0. The number of carbonyl (C=O) groups is 1. The van der Waals surface area contributed by atoms with E-state index in [1.165, 1.54) is 0 Å². The number of amides is 1. The molecule has 0 aromatic heterocycles. The number of ether oxygens (including phenoxy) is 1. The largest absolute Gasteiger partial charge is 0.390 e. The van der Waals surface area contributed by atoms with Gasteiger partial charge in [-0.1, -0.05) is 24.3 Å². The summed E-state index contributed by atoms with van der Waals surface area (Å²) in [6.45, 7) is 2.58. The fourth-order valence-corrected chi connectivity index (χ4v) is 2.85. The fraction of sp³-hybridized carbons (Fsp3) is 0.533. The highest BCUT2D eigenvalue weighted by atomic mass is 16.5. The average Bonchev–Trinajstić information content (AvgIpc) is 3.10. The molecule has 3 rings (SSSR count). The third-order valence-corrected chi connectivity index (χ3v) is 3.95. The maximum Gasteiger partial charge on any atom is 0.226 e. The van der Waals surface area contributed by atoms with Gasteiger partial charge in [-0.2, -0.15) is 0 Å². The number of aliphatic hydroxyl groups is 1. The number of benzene rings is 1. The average molecular weight is 261 g/mol. The molecule has 0 aliphatic heterocycles. The second kappa shape index (κ2) is 4.94. The third kappa shape index (κ3) is 2.38. The zero-order valence-corrected chi connectivity index (χ0v) is 11.0. The maximum atomic E-state index is 12.1. The Morgan fingerprint density at radius 1 is 1.47 bits per heavy atom. The molecule has 0 bridgehead atoms. The second-order valence-electron chi connectivity index (χ2n) is 5.29. The van der Waals surface area contributed by atoms with E-state index in [1.807, 2.05) is 31.2 Å². The first-order chi connectivity index (χ1) is 9.20. The highest BCUT2D eigenvalue weighted by molar-refractivity contribution is 5.82. The van der Waals surface area contributed by atoms with E-state index in [1.54, 1.807) is 0 Å². The van der Waals surface area contributed by atoms with Crippen molar-refractivity contribution in [2.45, 2.75) is 38.0 Å². The molecule has 2 aliphatic carbocycles. The van der Waals surface area contributed by atoms with E-state index < -0.39 is 6.10 Å². The molecule has 1 aromatic rings. The van der Waals surface area contributed by atoms with Crippen molar-refractivity contribution in [3.8, 4) is 0 Å².